The topological polar surface area (TPSA) is 149 Å². The van der Waals surface area contributed by atoms with Gasteiger partial charge in [-0.3, -0.25) is 14.4 Å². The summed E-state index contributed by atoms with van der Waals surface area (Å²) in [4.78, 5) is 35.3. The van der Waals surface area contributed by atoms with Crippen LogP contribution in [-0.4, -0.2) is 35.1 Å². The first-order valence-electron chi connectivity index (χ1n) is 11.4. The number of carbonyl (C=O) groups is 3. The first-order chi connectivity index (χ1) is 16.9. The van der Waals surface area contributed by atoms with Gasteiger partial charge < -0.3 is 25.5 Å². The number of anilines is 3. The number of nitrogens with one attached hydrogen (secondary N) is 2. The Morgan fingerprint density at radius 1 is 1.03 bits per heavy atom. The minimum atomic E-state index is -0.559. The predicted molar refractivity (Wildman–Crippen MR) is 128 cm³/mol. The highest BCUT2D eigenvalue weighted by atomic mass is 16.5. The van der Waals surface area contributed by atoms with Crippen LogP contribution in [0.1, 0.15) is 64.6 Å². The molecule has 1 aliphatic rings. The lowest BCUT2D eigenvalue weighted by Gasteiger charge is -2.28. The Kier molecular flexibility index (Phi) is 7.39. The maximum absolute atomic E-state index is 12.5. The Bertz CT molecular complexity index is 1200. The van der Waals surface area contributed by atoms with Crippen LogP contribution in [0.5, 0.6) is 0 Å². The molecule has 182 valence electrons. The molecule has 0 saturated heterocycles. The number of primary amides is 1. The fourth-order valence-electron chi connectivity index (χ4n) is 4.28. The van der Waals surface area contributed by atoms with E-state index in [4.69, 9.17) is 14.9 Å². The van der Waals surface area contributed by atoms with Crippen molar-refractivity contribution in [2.24, 2.45) is 11.7 Å². The number of benzene rings is 2. The molecule has 1 aliphatic carbocycles. The van der Waals surface area contributed by atoms with Gasteiger partial charge >= 0.3 is 23.8 Å². The molecule has 1 fully saturated rings. The van der Waals surface area contributed by atoms with Crippen molar-refractivity contribution in [3.8, 4) is 0 Å². The molecule has 1 heterocycles. The zero-order valence-corrected chi connectivity index (χ0v) is 19.3. The van der Waals surface area contributed by atoms with Crippen molar-refractivity contribution in [2.75, 3.05) is 17.7 Å². The van der Waals surface area contributed by atoms with Crippen LogP contribution in [0.2, 0.25) is 0 Å². The average molecular weight is 478 g/mol. The van der Waals surface area contributed by atoms with Crippen molar-refractivity contribution < 1.29 is 23.5 Å². The number of nitrogens with zero attached hydrogens (tertiary/aromatic N) is 2. The molecular weight excluding hydrogens is 450 g/mol. The van der Waals surface area contributed by atoms with E-state index in [1.165, 1.54) is 12.7 Å². The van der Waals surface area contributed by atoms with Crippen LogP contribution in [0, 0.1) is 5.92 Å². The van der Waals surface area contributed by atoms with Crippen molar-refractivity contribution in [1.82, 2.24) is 10.2 Å². The van der Waals surface area contributed by atoms with Crippen LogP contribution >= 0.6 is 0 Å². The van der Waals surface area contributed by atoms with E-state index in [0.29, 0.717) is 35.2 Å². The third-order valence-electron chi connectivity index (χ3n) is 6.19. The number of esters is 1. The van der Waals surface area contributed by atoms with Gasteiger partial charge in [-0.25, -0.2) is 0 Å². The van der Waals surface area contributed by atoms with E-state index < -0.39 is 11.8 Å². The molecule has 1 aromatic heterocycles. The molecule has 0 radical (unpaired) electrons. The molecule has 1 saturated carbocycles. The quantitative estimate of drug-likeness (QED) is 0.412. The number of hydrogen-bond donors (Lipinski definition) is 3. The van der Waals surface area contributed by atoms with E-state index in [2.05, 4.69) is 20.8 Å². The normalized spacial score (nSPS) is 17.4. The molecule has 10 nitrogen and oxygen atoms in total. The second-order valence-corrected chi connectivity index (χ2v) is 8.56. The number of nitrogens with two attached hydrogens (primary N) is 1. The predicted octanol–water partition coefficient (Wildman–Crippen LogP) is 4.00. The summed E-state index contributed by atoms with van der Waals surface area (Å²) in [5.41, 5.74) is 7.95. The molecule has 4 rings (SSSR count). The summed E-state index contributed by atoms with van der Waals surface area (Å²) in [5, 5.41) is 13.2. The molecule has 10 heteroatoms. The van der Waals surface area contributed by atoms with Gasteiger partial charge in [0.15, 0.2) is 0 Å². The fourth-order valence-corrected chi connectivity index (χ4v) is 4.28. The Morgan fingerprint density at radius 2 is 1.77 bits per heavy atom. The number of amides is 2. The Hall–Kier alpha value is -4.21. The summed E-state index contributed by atoms with van der Waals surface area (Å²) in [6.45, 7) is 0. The largest absolute Gasteiger partial charge is 0.469 e. The zero-order chi connectivity index (χ0) is 24.8. The first kappa shape index (κ1) is 23.9. The van der Waals surface area contributed by atoms with Gasteiger partial charge in [0.25, 0.3) is 0 Å². The van der Waals surface area contributed by atoms with Crippen LogP contribution in [0.25, 0.3) is 0 Å². The van der Waals surface area contributed by atoms with Crippen molar-refractivity contribution in [3.05, 3.63) is 65.5 Å². The van der Waals surface area contributed by atoms with E-state index in [1.807, 2.05) is 24.3 Å². The van der Waals surface area contributed by atoms with Crippen LogP contribution < -0.4 is 16.4 Å². The maximum atomic E-state index is 12.5. The van der Waals surface area contributed by atoms with Gasteiger partial charge in [-0.15, -0.1) is 5.10 Å². The molecule has 0 spiro atoms. The molecule has 0 unspecified atom stereocenters. The second-order valence-electron chi connectivity index (χ2n) is 8.56. The van der Waals surface area contributed by atoms with Gasteiger partial charge in [0.05, 0.1) is 7.11 Å². The highest BCUT2D eigenvalue weighted by molar-refractivity contribution is 6.01. The third-order valence-corrected chi connectivity index (χ3v) is 6.19. The maximum Gasteiger partial charge on any atom is 0.320 e. The van der Waals surface area contributed by atoms with Crippen molar-refractivity contribution in [3.63, 3.8) is 0 Å². The van der Waals surface area contributed by atoms with Gasteiger partial charge in [0.2, 0.25) is 5.91 Å². The first-order valence-corrected chi connectivity index (χ1v) is 11.4. The number of rotatable bonds is 8. The minimum absolute atomic E-state index is 0.00919. The van der Waals surface area contributed by atoms with Gasteiger partial charge in [-0.2, -0.15) is 0 Å². The van der Waals surface area contributed by atoms with Gasteiger partial charge in [0.1, 0.15) is 0 Å². The highest BCUT2D eigenvalue weighted by Crippen LogP contribution is 2.37. The minimum Gasteiger partial charge on any atom is -0.469 e. The van der Waals surface area contributed by atoms with Gasteiger partial charge in [0, 0.05) is 23.4 Å². The highest BCUT2D eigenvalue weighted by Gasteiger charge is 2.24. The Labute approximate surface area is 202 Å². The molecule has 4 N–H and O–H groups in total. The third kappa shape index (κ3) is 6.23. The number of ether oxygens (including phenoxy) is 1. The molecule has 35 heavy (non-hydrogen) atoms. The summed E-state index contributed by atoms with van der Waals surface area (Å²) in [6.07, 6.45) is 4.53. The van der Waals surface area contributed by atoms with Crippen LogP contribution in [0.4, 0.5) is 17.4 Å². The molecule has 0 atom stereocenters. The summed E-state index contributed by atoms with van der Waals surface area (Å²) in [5.74, 6) is -0.616. The van der Waals surface area contributed by atoms with Crippen molar-refractivity contribution in [2.45, 2.75) is 38.0 Å². The lowest BCUT2D eigenvalue weighted by atomic mass is 9.77. The monoisotopic (exact) mass is 477 g/mol. The molecule has 0 aliphatic heterocycles. The zero-order valence-electron chi connectivity index (χ0n) is 19.3. The number of methoxy groups -OCH3 is 1. The number of carbonyl (C=O) groups excluding carboxylic acids is 3. The van der Waals surface area contributed by atoms with E-state index in [9.17, 15) is 14.4 Å². The standard InChI is InChI=1S/C25H27N5O5/c1-34-21(31)13-15-5-7-16(8-6-15)17-9-11-19(12-10-17)27-23(33)24-29-30-25(35-24)28-20-4-2-3-18(14-20)22(26)32/h2-4,9-12,14-16H,5-8,13H2,1H3,(H2,26,32)(H,27,33)(H,28,30)/t15-,16-. The van der Waals surface area contributed by atoms with Crippen LogP contribution in [-0.2, 0) is 9.53 Å². The van der Waals surface area contributed by atoms with Gasteiger partial charge in [-0.1, -0.05) is 23.3 Å². The molecule has 3 aromatic rings. The smallest absolute Gasteiger partial charge is 0.320 e. The molecule has 0 bridgehead atoms. The average Bonchev–Trinajstić information content (AvgIpc) is 3.34. The summed E-state index contributed by atoms with van der Waals surface area (Å²) >= 11 is 0. The molecular formula is C25H27N5O5. The lowest BCUT2D eigenvalue weighted by Crippen LogP contribution is -2.17. The lowest BCUT2D eigenvalue weighted by molar-refractivity contribution is -0.142. The Balaban J connectivity index is 1.31. The van der Waals surface area contributed by atoms with Gasteiger partial charge in [-0.05, 0) is 73.4 Å². The Morgan fingerprint density at radius 3 is 2.46 bits per heavy atom. The van der Waals surface area contributed by atoms with Crippen molar-refractivity contribution in [1.29, 1.82) is 0 Å². The number of hydrogen-bond acceptors (Lipinski definition) is 8. The molecule has 2 aromatic carbocycles. The van der Waals surface area contributed by atoms with E-state index in [-0.39, 0.29) is 17.9 Å². The van der Waals surface area contributed by atoms with Crippen LogP contribution in [0.3, 0.4) is 0 Å². The fraction of sp³-hybridized carbons (Fsp3) is 0.320. The summed E-state index contributed by atoms with van der Waals surface area (Å²) in [6, 6.07) is 14.2. The summed E-state index contributed by atoms with van der Waals surface area (Å²) < 4.78 is 10.2. The van der Waals surface area contributed by atoms with Crippen molar-refractivity contribution >= 4 is 35.2 Å². The number of aromatic nitrogens is 2. The summed E-state index contributed by atoms with van der Waals surface area (Å²) in [7, 11) is 1.43. The molecule has 2 amide bonds. The van der Waals surface area contributed by atoms with E-state index >= 15 is 0 Å². The van der Waals surface area contributed by atoms with E-state index in [0.717, 1.165) is 25.7 Å². The van der Waals surface area contributed by atoms with E-state index in [1.54, 1.807) is 24.3 Å². The SMILES string of the molecule is COC(=O)C[C@H]1CC[C@H](c2ccc(NC(=O)c3nnc(Nc4cccc(C(N)=O)c4)o3)cc2)CC1. The van der Waals surface area contributed by atoms with Crippen LogP contribution in [0.15, 0.2) is 52.9 Å². The second kappa shape index (κ2) is 10.8.